The topological polar surface area (TPSA) is 86.7 Å². The number of guanidine groups is 1. The zero-order valence-corrected chi connectivity index (χ0v) is 16.9. The molecule has 0 saturated carbocycles. The molecule has 2 aromatic rings. The number of aliphatic imine (C=N–C) groups is 1. The Morgan fingerprint density at radius 3 is 2.54 bits per heavy atom. The molecule has 0 bridgehead atoms. The molecule has 0 radical (unpaired) electrons. The minimum atomic E-state index is 0. The minimum absolute atomic E-state index is 0. The third-order valence-corrected chi connectivity index (χ3v) is 3.74. The Bertz CT molecular complexity index is 727. The number of halogens is 1. The van der Waals surface area contributed by atoms with Crippen LogP contribution in [0.15, 0.2) is 23.2 Å². The lowest BCUT2D eigenvalue weighted by Crippen LogP contribution is -2.23. The summed E-state index contributed by atoms with van der Waals surface area (Å²) in [6.07, 6.45) is 0. The van der Waals surface area contributed by atoms with Gasteiger partial charge >= 0.3 is 0 Å². The molecule has 1 heterocycles. The predicted molar refractivity (Wildman–Crippen MR) is 107 cm³/mol. The highest BCUT2D eigenvalue weighted by Gasteiger charge is 2.09. The number of methoxy groups -OCH3 is 2. The van der Waals surface area contributed by atoms with E-state index in [-0.39, 0.29) is 24.0 Å². The summed E-state index contributed by atoms with van der Waals surface area (Å²) in [4.78, 5) is 4.39. The molecule has 24 heavy (non-hydrogen) atoms. The molecule has 8 heteroatoms. The van der Waals surface area contributed by atoms with Gasteiger partial charge < -0.3 is 20.5 Å². The molecule has 3 N–H and O–H groups in total. The summed E-state index contributed by atoms with van der Waals surface area (Å²) in [5.74, 6) is 1.68. The molecule has 0 unspecified atom stereocenters. The van der Waals surface area contributed by atoms with Gasteiger partial charge in [-0.05, 0) is 26.0 Å². The number of aryl methyl sites for hydroxylation is 2. The van der Waals surface area contributed by atoms with E-state index in [4.69, 9.17) is 15.2 Å². The second-order valence-electron chi connectivity index (χ2n) is 5.17. The third-order valence-electron chi connectivity index (χ3n) is 3.74. The van der Waals surface area contributed by atoms with Crippen LogP contribution < -0.4 is 20.5 Å². The van der Waals surface area contributed by atoms with E-state index < -0.39 is 0 Å². The smallest absolute Gasteiger partial charge is 0.193 e. The van der Waals surface area contributed by atoms with Crippen LogP contribution in [0.25, 0.3) is 0 Å². The van der Waals surface area contributed by atoms with E-state index in [0.29, 0.717) is 29.7 Å². The second kappa shape index (κ2) is 8.76. The number of hydrogen-bond donors (Lipinski definition) is 2. The Kier molecular flexibility index (Phi) is 7.33. The number of nitrogens with one attached hydrogen (secondary N) is 1. The molecule has 0 amide bonds. The van der Waals surface area contributed by atoms with E-state index in [1.54, 1.807) is 14.2 Å². The predicted octanol–water partition coefficient (Wildman–Crippen LogP) is 2.60. The van der Waals surface area contributed by atoms with E-state index in [9.17, 15) is 0 Å². The van der Waals surface area contributed by atoms with Crippen LogP contribution in [0.1, 0.15) is 17.0 Å². The van der Waals surface area contributed by atoms with Gasteiger partial charge in [-0.25, -0.2) is 4.99 Å². The number of anilines is 1. The van der Waals surface area contributed by atoms with Gasteiger partial charge in [0.25, 0.3) is 0 Å². The summed E-state index contributed by atoms with van der Waals surface area (Å²) in [5, 5.41) is 7.42. The maximum atomic E-state index is 5.99. The van der Waals surface area contributed by atoms with Crippen LogP contribution in [-0.2, 0) is 13.6 Å². The monoisotopic (exact) mass is 445 g/mol. The van der Waals surface area contributed by atoms with Crippen LogP contribution >= 0.6 is 24.0 Å². The first kappa shape index (κ1) is 20.1. The van der Waals surface area contributed by atoms with Gasteiger partial charge in [-0.1, -0.05) is 0 Å². The van der Waals surface area contributed by atoms with E-state index in [2.05, 4.69) is 15.4 Å². The molecule has 0 aliphatic carbocycles. The van der Waals surface area contributed by atoms with E-state index in [0.717, 1.165) is 17.0 Å². The van der Waals surface area contributed by atoms with Gasteiger partial charge in [0, 0.05) is 24.4 Å². The van der Waals surface area contributed by atoms with Gasteiger partial charge in [0.2, 0.25) is 0 Å². The molecule has 2 rings (SSSR count). The Hall–Kier alpha value is -1.97. The van der Waals surface area contributed by atoms with Gasteiger partial charge in [-0.15, -0.1) is 24.0 Å². The fourth-order valence-electron chi connectivity index (χ4n) is 2.30. The molecule has 132 valence electrons. The lowest BCUT2D eigenvalue weighted by molar-refractivity contribution is 0.405. The molecule has 0 spiro atoms. The fourth-order valence-corrected chi connectivity index (χ4v) is 2.30. The van der Waals surface area contributed by atoms with E-state index >= 15 is 0 Å². The van der Waals surface area contributed by atoms with Crippen LogP contribution in [0.4, 0.5) is 5.69 Å². The molecule has 1 aromatic heterocycles. The Labute approximate surface area is 159 Å². The number of aromatic nitrogens is 2. The van der Waals surface area contributed by atoms with Crippen molar-refractivity contribution in [1.82, 2.24) is 9.78 Å². The summed E-state index contributed by atoms with van der Waals surface area (Å²) < 4.78 is 12.4. The first-order valence-corrected chi connectivity index (χ1v) is 7.24. The first-order chi connectivity index (χ1) is 11.0. The van der Waals surface area contributed by atoms with Crippen LogP contribution in [0.5, 0.6) is 11.5 Å². The molecule has 0 atom stereocenters. The van der Waals surface area contributed by atoms with E-state index in [1.807, 2.05) is 43.8 Å². The van der Waals surface area contributed by atoms with Crippen molar-refractivity contribution in [3.8, 4) is 11.5 Å². The van der Waals surface area contributed by atoms with E-state index in [1.165, 1.54) is 0 Å². The molecule has 0 saturated heterocycles. The quantitative estimate of drug-likeness (QED) is 0.420. The molecular weight excluding hydrogens is 421 g/mol. The van der Waals surface area contributed by atoms with Crippen molar-refractivity contribution in [2.24, 2.45) is 17.8 Å². The average molecular weight is 445 g/mol. The van der Waals surface area contributed by atoms with Gasteiger partial charge in [0.15, 0.2) is 5.96 Å². The lowest BCUT2D eigenvalue weighted by Gasteiger charge is -2.12. The van der Waals surface area contributed by atoms with Gasteiger partial charge in [0.05, 0.1) is 32.1 Å². The maximum absolute atomic E-state index is 5.99. The van der Waals surface area contributed by atoms with Crippen LogP contribution in [0.2, 0.25) is 0 Å². The maximum Gasteiger partial charge on any atom is 0.193 e. The summed E-state index contributed by atoms with van der Waals surface area (Å²) in [6, 6.07) is 5.44. The summed E-state index contributed by atoms with van der Waals surface area (Å²) in [6.45, 7) is 4.45. The van der Waals surface area contributed by atoms with Gasteiger partial charge in [-0.2, -0.15) is 5.10 Å². The minimum Gasteiger partial charge on any atom is -0.497 e. The Balaban J connectivity index is 0.00000288. The van der Waals surface area contributed by atoms with Gasteiger partial charge in [0.1, 0.15) is 11.5 Å². The number of benzene rings is 1. The van der Waals surface area contributed by atoms with Crippen LogP contribution in [0, 0.1) is 13.8 Å². The van der Waals surface area contributed by atoms with Crippen molar-refractivity contribution < 1.29 is 9.47 Å². The zero-order valence-electron chi connectivity index (χ0n) is 14.6. The molecule has 0 aliphatic rings. The molecular formula is C16H24IN5O2. The summed E-state index contributed by atoms with van der Waals surface area (Å²) in [7, 11) is 5.12. The van der Waals surface area contributed by atoms with Crippen molar-refractivity contribution in [2.75, 3.05) is 19.5 Å². The molecule has 7 nitrogen and oxygen atoms in total. The highest BCUT2D eigenvalue weighted by atomic mass is 127. The number of ether oxygens (including phenoxy) is 2. The van der Waals surface area contributed by atoms with Crippen molar-refractivity contribution in [3.05, 3.63) is 35.2 Å². The summed E-state index contributed by atoms with van der Waals surface area (Å²) >= 11 is 0. The first-order valence-electron chi connectivity index (χ1n) is 7.24. The zero-order chi connectivity index (χ0) is 17.0. The number of hydrogen-bond acceptors (Lipinski definition) is 4. The highest BCUT2D eigenvalue weighted by Crippen LogP contribution is 2.28. The van der Waals surface area contributed by atoms with Crippen molar-refractivity contribution in [2.45, 2.75) is 20.4 Å². The third kappa shape index (κ3) is 4.53. The van der Waals surface area contributed by atoms with Gasteiger partial charge in [-0.3, -0.25) is 4.68 Å². The Morgan fingerprint density at radius 2 is 2.00 bits per heavy atom. The largest absolute Gasteiger partial charge is 0.497 e. The average Bonchev–Trinajstić information content (AvgIpc) is 2.78. The number of nitrogens with zero attached hydrogens (tertiary/aromatic N) is 3. The van der Waals surface area contributed by atoms with Crippen LogP contribution in [-0.4, -0.2) is 30.0 Å². The van der Waals surface area contributed by atoms with Crippen molar-refractivity contribution in [1.29, 1.82) is 0 Å². The number of nitrogens with two attached hydrogens (primary N) is 1. The normalized spacial score (nSPS) is 11.0. The molecule has 1 aromatic carbocycles. The highest BCUT2D eigenvalue weighted by molar-refractivity contribution is 14.0. The van der Waals surface area contributed by atoms with Crippen molar-refractivity contribution >= 4 is 35.6 Å². The molecule has 0 fully saturated rings. The van der Waals surface area contributed by atoms with Crippen LogP contribution in [0.3, 0.4) is 0 Å². The van der Waals surface area contributed by atoms with Crippen molar-refractivity contribution in [3.63, 3.8) is 0 Å². The SMILES string of the molecule is COc1ccc(OC)c(NC(N)=NCc2c(C)nn(C)c2C)c1.I. The fraction of sp³-hybridized carbons (Fsp3) is 0.375. The standard InChI is InChI=1S/C16H23N5O2.HI/c1-10-13(11(2)21(3)20-10)9-18-16(17)19-14-8-12(22-4)6-7-15(14)23-5;/h6-8H,9H2,1-5H3,(H3,17,18,19);1H. The lowest BCUT2D eigenvalue weighted by atomic mass is 10.2. The summed E-state index contributed by atoms with van der Waals surface area (Å²) in [5.41, 5.74) is 9.81. The Morgan fingerprint density at radius 1 is 1.29 bits per heavy atom. The number of rotatable bonds is 5. The second-order valence-corrected chi connectivity index (χ2v) is 5.17. The molecule has 0 aliphatic heterocycles.